The van der Waals surface area contributed by atoms with E-state index >= 15 is 0 Å². The molecule has 3 unspecified atom stereocenters. The van der Waals surface area contributed by atoms with E-state index in [0.29, 0.717) is 6.54 Å². The van der Waals surface area contributed by atoms with Crippen LogP contribution in [0.2, 0.25) is 0 Å². The van der Waals surface area contributed by atoms with E-state index in [1.54, 1.807) is 0 Å². The highest BCUT2D eigenvalue weighted by molar-refractivity contribution is 5.81. The summed E-state index contributed by atoms with van der Waals surface area (Å²) in [5, 5.41) is 3.08. The highest BCUT2D eigenvalue weighted by Crippen LogP contribution is 2.22. The summed E-state index contributed by atoms with van der Waals surface area (Å²) in [6.45, 7) is 4.62. The van der Waals surface area contributed by atoms with Crippen molar-refractivity contribution in [2.24, 2.45) is 5.73 Å². The van der Waals surface area contributed by atoms with Crippen molar-refractivity contribution in [2.75, 3.05) is 6.54 Å². The van der Waals surface area contributed by atoms with Gasteiger partial charge in [0.1, 0.15) is 6.10 Å². The first kappa shape index (κ1) is 15.0. The lowest BCUT2D eigenvalue weighted by atomic mass is 10.0. The molecule has 0 spiro atoms. The normalized spacial score (nSPS) is 23.6. The molecule has 4 nitrogen and oxygen atoms in total. The molecule has 1 aliphatic heterocycles. The summed E-state index contributed by atoms with van der Waals surface area (Å²) in [6.07, 6.45) is 2.18. The van der Waals surface area contributed by atoms with Crippen molar-refractivity contribution in [3.63, 3.8) is 0 Å². The monoisotopic (exact) mass is 276 g/mol. The van der Waals surface area contributed by atoms with Crippen LogP contribution in [0.5, 0.6) is 0 Å². The van der Waals surface area contributed by atoms with Crippen LogP contribution in [0.4, 0.5) is 0 Å². The van der Waals surface area contributed by atoms with E-state index in [-0.39, 0.29) is 24.2 Å². The Morgan fingerprint density at radius 2 is 2.10 bits per heavy atom. The van der Waals surface area contributed by atoms with Gasteiger partial charge >= 0.3 is 0 Å². The number of carbonyl (C=O) groups is 1. The molecule has 1 aromatic rings. The Labute approximate surface area is 120 Å². The van der Waals surface area contributed by atoms with E-state index in [2.05, 4.69) is 43.4 Å². The van der Waals surface area contributed by atoms with Crippen molar-refractivity contribution in [1.29, 1.82) is 0 Å². The molecular formula is C16H24N2O2. The van der Waals surface area contributed by atoms with Gasteiger partial charge in [0, 0.05) is 6.54 Å². The molecule has 0 radical (unpaired) electrons. The lowest BCUT2D eigenvalue weighted by Gasteiger charge is -2.20. The summed E-state index contributed by atoms with van der Waals surface area (Å²) in [7, 11) is 0. The average Bonchev–Trinajstić information content (AvgIpc) is 2.94. The van der Waals surface area contributed by atoms with Crippen LogP contribution in [0.1, 0.15) is 43.4 Å². The lowest BCUT2D eigenvalue weighted by Crippen LogP contribution is -2.37. The fourth-order valence-electron chi connectivity index (χ4n) is 2.56. The van der Waals surface area contributed by atoms with Crippen LogP contribution in [0.15, 0.2) is 24.3 Å². The van der Waals surface area contributed by atoms with Gasteiger partial charge in [-0.25, -0.2) is 0 Å². The Hall–Kier alpha value is -1.39. The first-order chi connectivity index (χ1) is 9.63. The van der Waals surface area contributed by atoms with Crippen molar-refractivity contribution >= 4 is 5.91 Å². The second kappa shape index (κ2) is 6.86. The molecule has 3 atom stereocenters. The van der Waals surface area contributed by atoms with Crippen molar-refractivity contribution < 1.29 is 9.53 Å². The second-order valence-corrected chi connectivity index (χ2v) is 5.44. The number of amides is 1. The van der Waals surface area contributed by atoms with Crippen LogP contribution in [0.3, 0.4) is 0 Å². The minimum Gasteiger partial charge on any atom is -0.364 e. The van der Waals surface area contributed by atoms with Gasteiger partial charge < -0.3 is 15.8 Å². The predicted octanol–water partition coefficient (Wildman–Crippen LogP) is 2.07. The number of nitrogens with two attached hydrogens (primary N) is 1. The van der Waals surface area contributed by atoms with Crippen LogP contribution in [-0.2, 0) is 9.53 Å². The van der Waals surface area contributed by atoms with Gasteiger partial charge in [0.15, 0.2) is 0 Å². The maximum atomic E-state index is 12.2. The van der Waals surface area contributed by atoms with Crippen LogP contribution < -0.4 is 11.1 Å². The fraction of sp³-hybridized carbons (Fsp3) is 0.562. The standard InChI is InChI=1S/C16H24N2O2/c1-3-14(12-6-4-11(2)5-7-12)18-16(19)15-9-8-13(10-17)20-15/h4-7,13-15H,3,8-10,17H2,1-2H3,(H,18,19). The van der Waals surface area contributed by atoms with E-state index in [0.717, 1.165) is 24.8 Å². The van der Waals surface area contributed by atoms with E-state index in [9.17, 15) is 4.79 Å². The zero-order valence-electron chi connectivity index (χ0n) is 12.3. The minimum atomic E-state index is -0.344. The van der Waals surface area contributed by atoms with E-state index in [4.69, 9.17) is 10.5 Å². The van der Waals surface area contributed by atoms with Gasteiger partial charge in [0.2, 0.25) is 5.91 Å². The second-order valence-electron chi connectivity index (χ2n) is 5.44. The molecule has 110 valence electrons. The number of hydrogen-bond donors (Lipinski definition) is 2. The Kier molecular flexibility index (Phi) is 5.15. The third-order valence-corrected chi connectivity index (χ3v) is 3.87. The van der Waals surface area contributed by atoms with Crippen molar-refractivity contribution in [3.8, 4) is 0 Å². The first-order valence-corrected chi connectivity index (χ1v) is 7.36. The van der Waals surface area contributed by atoms with Crippen LogP contribution >= 0.6 is 0 Å². The Morgan fingerprint density at radius 3 is 2.65 bits per heavy atom. The van der Waals surface area contributed by atoms with Crippen molar-refractivity contribution in [2.45, 2.75) is 51.4 Å². The maximum Gasteiger partial charge on any atom is 0.249 e. The van der Waals surface area contributed by atoms with Crippen molar-refractivity contribution in [3.05, 3.63) is 35.4 Å². The van der Waals surface area contributed by atoms with Gasteiger partial charge in [0.25, 0.3) is 0 Å². The molecule has 1 amide bonds. The molecule has 1 heterocycles. The molecule has 3 N–H and O–H groups in total. The van der Waals surface area contributed by atoms with Crippen molar-refractivity contribution in [1.82, 2.24) is 5.32 Å². The first-order valence-electron chi connectivity index (χ1n) is 7.36. The molecule has 0 saturated carbocycles. The third-order valence-electron chi connectivity index (χ3n) is 3.87. The topological polar surface area (TPSA) is 64.4 Å². The van der Waals surface area contributed by atoms with Gasteiger partial charge in [-0.1, -0.05) is 36.8 Å². The molecule has 0 bridgehead atoms. The highest BCUT2D eigenvalue weighted by atomic mass is 16.5. The zero-order chi connectivity index (χ0) is 14.5. The smallest absolute Gasteiger partial charge is 0.249 e. The molecule has 1 fully saturated rings. The molecule has 0 aliphatic carbocycles. The zero-order valence-corrected chi connectivity index (χ0v) is 12.3. The van der Waals surface area contributed by atoms with E-state index in [1.807, 2.05) is 0 Å². The van der Waals surface area contributed by atoms with Gasteiger partial charge in [-0.05, 0) is 31.7 Å². The summed E-state index contributed by atoms with van der Waals surface area (Å²) < 4.78 is 5.64. The van der Waals surface area contributed by atoms with Gasteiger partial charge in [-0.15, -0.1) is 0 Å². The number of benzene rings is 1. The number of carbonyl (C=O) groups excluding carboxylic acids is 1. The summed E-state index contributed by atoms with van der Waals surface area (Å²) in [6, 6.07) is 8.33. The summed E-state index contributed by atoms with van der Waals surface area (Å²) in [5.41, 5.74) is 7.93. The number of rotatable bonds is 5. The highest BCUT2D eigenvalue weighted by Gasteiger charge is 2.30. The molecule has 1 aromatic carbocycles. The number of aryl methyl sites for hydroxylation is 1. The molecule has 20 heavy (non-hydrogen) atoms. The maximum absolute atomic E-state index is 12.2. The predicted molar refractivity (Wildman–Crippen MR) is 79.3 cm³/mol. The lowest BCUT2D eigenvalue weighted by molar-refractivity contribution is -0.132. The molecular weight excluding hydrogens is 252 g/mol. The summed E-state index contributed by atoms with van der Waals surface area (Å²) in [4.78, 5) is 12.2. The molecule has 1 aliphatic rings. The van der Waals surface area contributed by atoms with Gasteiger partial charge in [-0.2, -0.15) is 0 Å². The average molecular weight is 276 g/mol. The van der Waals surface area contributed by atoms with Crippen LogP contribution in [0.25, 0.3) is 0 Å². The molecule has 2 rings (SSSR count). The number of hydrogen-bond acceptors (Lipinski definition) is 3. The van der Waals surface area contributed by atoms with E-state index < -0.39 is 0 Å². The number of ether oxygens (including phenoxy) is 1. The van der Waals surface area contributed by atoms with E-state index in [1.165, 1.54) is 5.56 Å². The summed E-state index contributed by atoms with van der Waals surface area (Å²) >= 11 is 0. The van der Waals surface area contributed by atoms with Crippen LogP contribution in [-0.4, -0.2) is 24.7 Å². The van der Waals surface area contributed by atoms with Gasteiger partial charge in [0.05, 0.1) is 12.1 Å². The quantitative estimate of drug-likeness (QED) is 0.865. The summed E-state index contributed by atoms with van der Waals surface area (Å²) in [5.74, 6) is -0.0200. The Balaban J connectivity index is 1.96. The molecule has 1 saturated heterocycles. The minimum absolute atomic E-state index is 0.0200. The van der Waals surface area contributed by atoms with Gasteiger partial charge in [-0.3, -0.25) is 4.79 Å². The third kappa shape index (κ3) is 3.58. The van der Waals surface area contributed by atoms with Crippen LogP contribution in [0, 0.1) is 6.92 Å². The number of nitrogens with one attached hydrogen (secondary N) is 1. The Bertz CT molecular complexity index is 444. The molecule has 0 aromatic heterocycles. The molecule has 4 heteroatoms. The SMILES string of the molecule is CCC(NC(=O)C1CCC(CN)O1)c1ccc(C)cc1. The fourth-order valence-corrected chi connectivity index (χ4v) is 2.56. The largest absolute Gasteiger partial charge is 0.364 e. The Morgan fingerprint density at radius 1 is 1.40 bits per heavy atom.